The Hall–Kier alpha value is -2.40. The molecule has 0 spiro atoms. The van der Waals surface area contributed by atoms with Crippen LogP contribution in [0.15, 0.2) is 52.7 Å². The Balaban J connectivity index is 1.92. The zero-order chi connectivity index (χ0) is 15.7. The molecule has 2 aromatic carbocycles. The third kappa shape index (κ3) is 2.94. The predicted molar refractivity (Wildman–Crippen MR) is 84.8 cm³/mol. The van der Waals surface area contributed by atoms with Crippen molar-refractivity contribution in [1.29, 1.82) is 0 Å². The zero-order valence-electron chi connectivity index (χ0n) is 11.6. The highest BCUT2D eigenvalue weighted by molar-refractivity contribution is 9.10. The summed E-state index contributed by atoms with van der Waals surface area (Å²) in [6.45, 7) is 1.32. The summed E-state index contributed by atoms with van der Waals surface area (Å²) in [7, 11) is 0. The van der Waals surface area contributed by atoms with E-state index >= 15 is 0 Å². The summed E-state index contributed by atoms with van der Waals surface area (Å²) in [4.78, 5) is 23.3. The van der Waals surface area contributed by atoms with Crippen molar-refractivity contribution in [2.45, 2.75) is 6.92 Å². The maximum Gasteiger partial charge on any atom is 0.308 e. The van der Waals surface area contributed by atoms with E-state index in [1.165, 1.54) is 13.0 Å². The van der Waals surface area contributed by atoms with Crippen LogP contribution in [-0.2, 0) is 4.79 Å². The van der Waals surface area contributed by atoms with Crippen molar-refractivity contribution in [3.05, 3.63) is 63.8 Å². The molecule has 0 radical (unpaired) electrons. The van der Waals surface area contributed by atoms with E-state index in [0.717, 1.165) is 10.0 Å². The van der Waals surface area contributed by atoms with Crippen LogP contribution in [0.4, 0.5) is 0 Å². The fourth-order valence-corrected chi connectivity index (χ4v) is 2.56. The molecule has 0 fully saturated rings. The molecule has 2 aromatic rings. The van der Waals surface area contributed by atoms with Gasteiger partial charge in [0.25, 0.3) is 0 Å². The highest BCUT2D eigenvalue weighted by Gasteiger charge is 2.27. The molecule has 3 rings (SSSR count). The minimum Gasteiger partial charge on any atom is -0.452 e. The van der Waals surface area contributed by atoms with Gasteiger partial charge in [0.15, 0.2) is 5.76 Å². The van der Waals surface area contributed by atoms with Crippen molar-refractivity contribution in [2.75, 3.05) is 0 Å². The molecule has 4 nitrogen and oxygen atoms in total. The number of ether oxygens (including phenoxy) is 2. The fraction of sp³-hybridized carbons (Fsp3) is 0.0588. The number of Topliss-reactive ketones (excluding diaryl/α,β-unsaturated/α-hetero) is 1. The molecule has 0 saturated carbocycles. The summed E-state index contributed by atoms with van der Waals surface area (Å²) in [5.74, 6) is 0.374. The van der Waals surface area contributed by atoms with Gasteiger partial charge in [-0.15, -0.1) is 0 Å². The van der Waals surface area contributed by atoms with E-state index in [9.17, 15) is 9.59 Å². The van der Waals surface area contributed by atoms with E-state index in [0.29, 0.717) is 17.1 Å². The van der Waals surface area contributed by atoms with Crippen molar-refractivity contribution in [3.63, 3.8) is 0 Å². The molecule has 22 heavy (non-hydrogen) atoms. The first kappa shape index (κ1) is 14.5. The number of rotatable bonds is 2. The van der Waals surface area contributed by atoms with E-state index in [4.69, 9.17) is 9.47 Å². The first-order valence-electron chi connectivity index (χ1n) is 6.55. The lowest BCUT2D eigenvalue weighted by atomic mass is 10.1. The predicted octanol–water partition coefficient (Wildman–Crippen LogP) is 3.99. The maximum atomic E-state index is 12.3. The summed E-state index contributed by atoms with van der Waals surface area (Å²) < 4.78 is 11.5. The van der Waals surface area contributed by atoms with E-state index in [-0.39, 0.29) is 11.5 Å². The van der Waals surface area contributed by atoms with Crippen molar-refractivity contribution in [1.82, 2.24) is 0 Å². The van der Waals surface area contributed by atoms with Gasteiger partial charge in [-0.3, -0.25) is 9.59 Å². The Bertz CT molecular complexity index is 808. The van der Waals surface area contributed by atoms with Crippen molar-refractivity contribution >= 4 is 33.8 Å². The molecule has 0 amide bonds. The van der Waals surface area contributed by atoms with Crippen molar-refractivity contribution < 1.29 is 19.1 Å². The lowest BCUT2D eigenvalue weighted by molar-refractivity contribution is -0.131. The van der Waals surface area contributed by atoms with Crippen molar-refractivity contribution in [3.8, 4) is 11.5 Å². The number of hydrogen-bond donors (Lipinski definition) is 0. The van der Waals surface area contributed by atoms with Gasteiger partial charge >= 0.3 is 5.97 Å². The summed E-state index contributed by atoms with van der Waals surface area (Å²) >= 11 is 3.38. The van der Waals surface area contributed by atoms with E-state index in [1.807, 2.05) is 24.3 Å². The van der Waals surface area contributed by atoms with Crippen molar-refractivity contribution in [2.24, 2.45) is 0 Å². The van der Waals surface area contributed by atoms with Gasteiger partial charge in [0.1, 0.15) is 11.5 Å². The first-order valence-corrected chi connectivity index (χ1v) is 7.34. The molecule has 5 heteroatoms. The number of ketones is 1. The minimum atomic E-state index is -0.422. The van der Waals surface area contributed by atoms with Crippen LogP contribution in [-0.4, -0.2) is 11.8 Å². The van der Waals surface area contributed by atoms with Crippen LogP contribution in [0.5, 0.6) is 11.5 Å². The van der Waals surface area contributed by atoms with E-state index in [2.05, 4.69) is 15.9 Å². The summed E-state index contributed by atoms with van der Waals surface area (Å²) in [5.41, 5.74) is 1.31. The summed E-state index contributed by atoms with van der Waals surface area (Å²) in [6, 6.07) is 12.2. The average molecular weight is 359 g/mol. The van der Waals surface area contributed by atoms with Gasteiger partial charge < -0.3 is 9.47 Å². The Morgan fingerprint density at radius 2 is 2.05 bits per heavy atom. The molecular weight excluding hydrogens is 348 g/mol. The third-order valence-electron chi connectivity index (χ3n) is 3.05. The molecule has 1 aliphatic heterocycles. The Labute approximate surface area is 135 Å². The molecular formula is C17H11BrO4. The maximum absolute atomic E-state index is 12.3. The molecule has 0 bridgehead atoms. The van der Waals surface area contributed by atoms with Crippen LogP contribution in [0.2, 0.25) is 0 Å². The molecule has 1 aliphatic rings. The molecule has 0 N–H and O–H groups in total. The highest BCUT2D eigenvalue weighted by atomic mass is 79.9. The summed E-state index contributed by atoms with van der Waals surface area (Å²) in [6.07, 6.45) is 1.68. The Morgan fingerprint density at radius 1 is 1.23 bits per heavy atom. The first-order chi connectivity index (χ1) is 10.5. The van der Waals surface area contributed by atoms with Crippen LogP contribution in [0.25, 0.3) is 6.08 Å². The number of carbonyl (C=O) groups excluding carboxylic acids is 2. The van der Waals surface area contributed by atoms with E-state index < -0.39 is 5.97 Å². The van der Waals surface area contributed by atoms with Gasteiger partial charge in [0.05, 0.1) is 5.56 Å². The largest absolute Gasteiger partial charge is 0.452 e. The van der Waals surface area contributed by atoms with Gasteiger partial charge in [0.2, 0.25) is 5.78 Å². The van der Waals surface area contributed by atoms with E-state index in [1.54, 1.807) is 18.2 Å². The number of esters is 1. The Morgan fingerprint density at radius 3 is 2.77 bits per heavy atom. The molecule has 0 aromatic heterocycles. The van der Waals surface area contributed by atoms with Crippen LogP contribution < -0.4 is 9.47 Å². The number of halogens is 1. The second kappa shape index (κ2) is 5.77. The zero-order valence-corrected chi connectivity index (χ0v) is 13.2. The number of carbonyl (C=O) groups is 2. The second-order valence-electron chi connectivity index (χ2n) is 4.75. The smallest absolute Gasteiger partial charge is 0.308 e. The third-order valence-corrected chi connectivity index (χ3v) is 3.54. The molecule has 0 unspecified atom stereocenters. The van der Waals surface area contributed by atoms with Gasteiger partial charge in [-0.25, -0.2) is 0 Å². The number of allylic oxidation sites excluding steroid dienone is 1. The standard InChI is InChI=1S/C17H11BrO4/c1-10(19)21-13-5-6-14-15(9-13)22-16(17(14)20)8-11-3-2-4-12(18)7-11/h2-9H,1H3/b16-8-. The van der Waals surface area contributed by atoms with Gasteiger partial charge in [0, 0.05) is 17.5 Å². The monoisotopic (exact) mass is 358 g/mol. The fourth-order valence-electron chi connectivity index (χ4n) is 2.14. The average Bonchev–Trinajstić information content (AvgIpc) is 2.74. The van der Waals surface area contributed by atoms with Gasteiger partial charge in [-0.1, -0.05) is 28.1 Å². The quantitative estimate of drug-likeness (QED) is 0.462. The molecule has 1 heterocycles. The molecule has 0 saturated heterocycles. The molecule has 110 valence electrons. The topological polar surface area (TPSA) is 52.6 Å². The van der Waals surface area contributed by atoms with Crippen LogP contribution in [0.3, 0.4) is 0 Å². The lowest BCUT2D eigenvalue weighted by Crippen LogP contribution is -2.01. The number of benzene rings is 2. The Kier molecular flexibility index (Phi) is 3.81. The summed E-state index contributed by atoms with van der Waals surface area (Å²) in [5, 5.41) is 0. The van der Waals surface area contributed by atoms with Gasteiger partial charge in [-0.2, -0.15) is 0 Å². The normalized spacial score (nSPS) is 14.6. The molecule has 0 aliphatic carbocycles. The highest BCUT2D eigenvalue weighted by Crippen LogP contribution is 2.35. The van der Waals surface area contributed by atoms with Crippen LogP contribution in [0.1, 0.15) is 22.8 Å². The second-order valence-corrected chi connectivity index (χ2v) is 5.66. The number of fused-ring (bicyclic) bond motifs is 1. The van der Waals surface area contributed by atoms with Crippen LogP contribution >= 0.6 is 15.9 Å². The molecule has 0 atom stereocenters. The lowest BCUT2D eigenvalue weighted by Gasteiger charge is -2.02. The minimum absolute atomic E-state index is 0.190. The van der Waals surface area contributed by atoms with Gasteiger partial charge in [-0.05, 0) is 35.9 Å². The van der Waals surface area contributed by atoms with Crippen LogP contribution in [0, 0.1) is 0 Å². The SMILES string of the molecule is CC(=O)Oc1ccc2c(c1)O/C(=C\c1cccc(Br)c1)C2=O. The number of hydrogen-bond acceptors (Lipinski definition) is 4.